The molecule has 0 spiro atoms. The van der Waals surface area contributed by atoms with Crippen molar-refractivity contribution >= 4 is 0 Å². The summed E-state index contributed by atoms with van der Waals surface area (Å²) in [6.45, 7) is 0.752. The summed E-state index contributed by atoms with van der Waals surface area (Å²) in [5.41, 5.74) is -2.93. The number of allylic oxidation sites excluding steroid dienone is 2. The van der Waals surface area contributed by atoms with Crippen molar-refractivity contribution in [2.24, 2.45) is 13.0 Å². The topological polar surface area (TPSA) is 50.1 Å². The Morgan fingerprint density at radius 1 is 1.41 bits per heavy atom. The molecule has 1 aromatic rings. The van der Waals surface area contributed by atoms with Crippen LogP contribution in [0, 0.1) is 5.92 Å². The number of rotatable bonds is 6. The largest absolute Gasteiger partial charge is 0.424 e. The molecule has 2 unspecified atom stereocenters. The molecule has 2 rings (SSSR count). The van der Waals surface area contributed by atoms with Gasteiger partial charge in [-0.1, -0.05) is 12.2 Å². The summed E-state index contributed by atoms with van der Waals surface area (Å²) in [5.74, 6) is 0.0829. The van der Waals surface area contributed by atoms with Gasteiger partial charge in [-0.05, 0) is 38.3 Å². The molecule has 124 valence electrons. The minimum atomic E-state index is -4.76. The van der Waals surface area contributed by atoms with Gasteiger partial charge in [-0.3, -0.25) is 0 Å². The smallest absolute Gasteiger partial charge is 0.374 e. The van der Waals surface area contributed by atoms with E-state index in [1.54, 1.807) is 0 Å². The Hall–Kier alpha value is -1.34. The molecule has 0 fully saturated rings. The Bertz CT molecular complexity index is 512. The van der Waals surface area contributed by atoms with E-state index in [-0.39, 0.29) is 12.4 Å². The second-order valence-electron chi connectivity index (χ2n) is 5.82. The van der Waals surface area contributed by atoms with Crippen molar-refractivity contribution in [1.82, 2.24) is 14.9 Å². The average Bonchev–Trinajstić information content (AvgIpc) is 2.90. The van der Waals surface area contributed by atoms with Crippen LogP contribution in [0.25, 0.3) is 0 Å². The Morgan fingerprint density at radius 3 is 2.73 bits per heavy atom. The van der Waals surface area contributed by atoms with Crippen LogP contribution < -0.4 is 5.32 Å². The van der Waals surface area contributed by atoms with Gasteiger partial charge in [0.2, 0.25) is 5.60 Å². The van der Waals surface area contributed by atoms with Gasteiger partial charge in [0.15, 0.2) is 0 Å². The van der Waals surface area contributed by atoms with Crippen molar-refractivity contribution in [3.8, 4) is 0 Å². The van der Waals surface area contributed by atoms with Crippen molar-refractivity contribution in [2.45, 2.75) is 37.5 Å². The predicted octanol–water partition coefficient (Wildman–Crippen LogP) is 2.51. The second kappa shape index (κ2) is 6.83. The Kier molecular flexibility index (Phi) is 5.28. The minimum Gasteiger partial charge on any atom is -0.374 e. The van der Waals surface area contributed by atoms with Crippen molar-refractivity contribution in [3.63, 3.8) is 0 Å². The number of aromatic nitrogens is 2. The van der Waals surface area contributed by atoms with Gasteiger partial charge in [-0.25, -0.2) is 4.98 Å². The lowest BCUT2D eigenvalue weighted by atomic mass is 9.94. The van der Waals surface area contributed by atoms with Gasteiger partial charge in [0, 0.05) is 25.9 Å². The number of halogens is 3. The minimum absolute atomic E-state index is 0.0864. The molecule has 0 saturated carbocycles. The Balaban J connectivity index is 1.94. The molecule has 1 aromatic heterocycles. The fourth-order valence-electron chi connectivity index (χ4n) is 2.76. The molecule has 1 aliphatic rings. The standard InChI is InChI=1S/C15H22F3N3O/c1-21-10-9-20-13(21)14(22,15(16,17)18)7-8-19-11-12-5-3-2-4-6-12/h2-3,9-10,12,19,22H,4-8,11H2,1H3. The SMILES string of the molecule is Cn1ccnc1C(O)(CCNCC1CC=CCC1)C(F)(F)F. The van der Waals surface area contributed by atoms with Gasteiger partial charge in [0.25, 0.3) is 0 Å². The quantitative estimate of drug-likeness (QED) is 0.626. The summed E-state index contributed by atoms with van der Waals surface area (Å²) < 4.78 is 41.1. The first-order valence-electron chi connectivity index (χ1n) is 7.47. The average molecular weight is 317 g/mol. The zero-order valence-electron chi connectivity index (χ0n) is 12.6. The van der Waals surface area contributed by atoms with Gasteiger partial charge in [0.05, 0.1) is 0 Å². The van der Waals surface area contributed by atoms with Crippen molar-refractivity contribution in [3.05, 3.63) is 30.4 Å². The number of nitrogens with one attached hydrogen (secondary N) is 1. The van der Waals surface area contributed by atoms with E-state index in [2.05, 4.69) is 22.5 Å². The third kappa shape index (κ3) is 3.70. The molecule has 1 aliphatic carbocycles. The summed E-state index contributed by atoms with van der Waals surface area (Å²) in [5, 5.41) is 13.2. The number of hydrogen-bond acceptors (Lipinski definition) is 3. The number of alkyl halides is 3. The first-order valence-corrected chi connectivity index (χ1v) is 7.47. The summed E-state index contributed by atoms with van der Waals surface area (Å²) in [6.07, 6.45) is 4.69. The maximum absolute atomic E-state index is 13.3. The lowest BCUT2D eigenvalue weighted by Crippen LogP contribution is -2.46. The second-order valence-corrected chi connectivity index (χ2v) is 5.82. The fourth-order valence-corrected chi connectivity index (χ4v) is 2.76. The van der Waals surface area contributed by atoms with Crippen molar-refractivity contribution < 1.29 is 18.3 Å². The molecule has 2 atom stereocenters. The number of hydrogen-bond donors (Lipinski definition) is 2. The maximum atomic E-state index is 13.3. The van der Waals surface area contributed by atoms with Crippen LogP contribution >= 0.6 is 0 Å². The third-order valence-electron chi connectivity index (χ3n) is 4.13. The van der Waals surface area contributed by atoms with E-state index < -0.39 is 18.2 Å². The summed E-state index contributed by atoms with van der Waals surface area (Å²) >= 11 is 0. The normalized spacial score (nSPS) is 21.8. The van der Waals surface area contributed by atoms with Crippen LogP contribution in [0.2, 0.25) is 0 Å². The zero-order valence-corrected chi connectivity index (χ0v) is 12.6. The predicted molar refractivity (Wildman–Crippen MR) is 77.1 cm³/mol. The van der Waals surface area contributed by atoms with Gasteiger partial charge in [-0.15, -0.1) is 0 Å². The van der Waals surface area contributed by atoms with Gasteiger partial charge >= 0.3 is 6.18 Å². The number of imidazole rings is 1. The van der Waals surface area contributed by atoms with Crippen LogP contribution in [0.15, 0.2) is 24.5 Å². The third-order valence-corrected chi connectivity index (χ3v) is 4.13. The maximum Gasteiger partial charge on any atom is 0.424 e. The first-order chi connectivity index (χ1) is 10.3. The summed E-state index contributed by atoms with van der Waals surface area (Å²) in [4.78, 5) is 3.68. The Morgan fingerprint density at radius 2 is 2.18 bits per heavy atom. The highest BCUT2D eigenvalue weighted by Gasteiger charge is 2.56. The summed E-state index contributed by atoms with van der Waals surface area (Å²) in [6, 6.07) is 0. The van der Waals surface area contributed by atoms with E-state index in [1.807, 2.05) is 0 Å². The molecule has 0 radical (unpaired) electrons. The van der Waals surface area contributed by atoms with Crippen LogP contribution in [0.5, 0.6) is 0 Å². The first kappa shape index (κ1) is 17.0. The molecule has 22 heavy (non-hydrogen) atoms. The molecule has 7 heteroatoms. The van der Waals surface area contributed by atoms with Crippen LogP contribution in [-0.4, -0.2) is 33.9 Å². The molecule has 0 aromatic carbocycles. The van der Waals surface area contributed by atoms with Gasteiger partial charge in [-0.2, -0.15) is 13.2 Å². The van der Waals surface area contributed by atoms with E-state index in [0.29, 0.717) is 12.5 Å². The lowest BCUT2D eigenvalue weighted by Gasteiger charge is -2.30. The number of aryl methyl sites for hydroxylation is 1. The summed E-state index contributed by atoms with van der Waals surface area (Å²) in [7, 11) is 1.45. The van der Waals surface area contributed by atoms with Crippen LogP contribution in [-0.2, 0) is 12.6 Å². The Labute approximate surface area is 128 Å². The highest BCUT2D eigenvalue weighted by molar-refractivity contribution is 5.08. The van der Waals surface area contributed by atoms with E-state index >= 15 is 0 Å². The van der Waals surface area contributed by atoms with E-state index in [1.165, 1.54) is 24.0 Å². The van der Waals surface area contributed by atoms with E-state index in [4.69, 9.17) is 0 Å². The van der Waals surface area contributed by atoms with Crippen LogP contribution in [0.4, 0.5) is 13.2 Å². The lowest BCUT2D eigenvalue weighted by molar-refractivity contribution is -0.272. The monoisotopic (exact) mass is 317 g/mol. The van der Waals surface area contributed by atoms with Crippen molar-refractivity contribution in [2.75, 3.05) is 13.1 Å². The van der Waals surface area contributed by atoms with Crippen LogP contribution in [0.1, 0.15) is 31.5 Å². The molecule has 0 aliphatic heterocycles. The molecule has 0 bridgehead atoms. The molecule has 0 saturated heterocycles. The molecular formula is C15H22F3N3O. The molecule has 1 heterocycles. The fraction of sp³-hybridized carbons (Fsp3) is 0.667. The molecular weight excluding hydrogens is 295 g/mol. The zero-order chi connectivity index (χ0) is 16.2. The molecule has 0 amide bonds. The number of aliphatic hydroxyl groups is 1. The molecule has 2 N–H and O–H groups in total. The molecule has 4 nitrogen and oxygen atoms in total. The van der Waals surface area contributed by atoms with Crippen LogP contribution in [0.3, 0.4) is 0 Å². The van der Waals surface area contributed by atoms with E-state index in [0.717, 1.165) is 19.3 Å². The van der Waals surface area contributed by atoms with Gasteiger partial charge in [0.1, 0.15) is 5.82 Å². The highest BCUT2D eigenvalue weighted by Crippen LogP contribution is 2.40. The number of nitrogens with zero attached hydrogens (tertiary/aromatic N) is 2. The van der Waals surface area contributed by atoms with Crippen molar-refractivity contribution in [1.29, 1.82) is 0 Å². The van der Waals surface area contributed by atoms with E-state index in [9.17, 15) is 18.3 Å². The van der Waals surface area contributed by atoms with Gasteiger partial charge < -0.3 is 15.0 Å². The highest BCUT2D eigenvalue weighted by atomic mass is 19.4.